The van der Waals surface area contributed by atoms with Crippen LogP contribution in [-0.2, 0) is 0 Å². The van der Waals surface area contributed by atoms with Crippen LogP contribution in [-0.4, -0.2) is 46.9 Å². The number of nitrogens with zero attached hydrogens (tertiary/aromatic N) is 4. The van der Waals surface area contributed by atoms with Crippen molar-refractivity contribution in [2.45, 2.75) is 73.6 Å². The summed E-state index contributed by atoms with van der Waals surface area (Å²) in [6.45, 7) is 14.8. The molecule has 3 aromatic rings. The fourth-order valence-electron chi connectivity index (χ4n) is 4.05. The molecule has 220 valence electrons. The van der Waals surface area contributed by atoms with Crippen molar-refractivity contribution < 1.29 is 9.84 Å². The molecular formula is C32H45N7O2. The molecule has 2 aromatic carbocycles. The fourth-order valence-corrected chi connectivity index (χ4v) is 4.05. The number of aryl methyl sites for hydroxylation is 2. The molecule has 0 spiro atoms. The number of benzene rings is 2. The van der Waals surface area contributed by atoms with E-state index in [1.54, 1.807) is 0 Å². The first-order valence-corrected chi connectivity index (χ1v) is 14.7. The van der Waals surface area contributed by atoms with Crippen molar-refractivity contribution >= 4 is 35.3 Å². The number of aromatic nitrogens is 2. The number of fused-ring (bicyclic) bond motifs is 1. The van der Waals surface area contributed by atoms with E-state index in [0.29, 0.717) is 23.1 Å². The first-order valence-electron chi connectivity index (χ1n) is 14.7. The minimum atomic E-state index is -1.02. The molecule has 3 heterocycles. The Bertz CT molecular complexity index is 1290. The Morgan fingerprint density at radius 3 is 2.51 bits per heavy atom. The highest BCUT2D eigenvalue weighted by Crippen LogP contribution is 2.33. The second-order valence-corrected chi connectivity index (χ2v) is 9.91. The molecule has 0 aliphatic carbocycles. The molecule has 9 heteroatoms. The maximum absolute atomic E-state index is 9.76. The minimum Gasteiger partial charge on any atom is -0.457 e. The third-order valence-corrected chi connectivity index (χ3v) is 6.65. The van der Waals surface area contributed by atoms with Gasteiger partial charge in [0.2, 0.25) is 6.35 Å². The standard InChI is InChI=1S/C25H28N6O2.C5H11N.C2H6/c1-5-15(2)12-26-20-11-19(8-6-16(20)3)33-22-9-7-18(10-17(22)4)30-24-23-21(28-14-29-24)13-27-25(32)31-23;1-2-4-6-5-3-1;1-2/h6-15,25,31-32H,5H2,1-4H3,(H,28,29,30);6H,1-5H2;1-2H3. The lowest BCUT2D eigenvalue weighted by Gasteiger charge is -2.19. The Balaban J connectivity index is 0.000000505. The molecule has 1 aromatic heterocycles. The van der Waals surface area contributed by atoms with E-state index < -0.39 is 6.35 Å². The van der Waals surface area contributed by atoms with Gasteiger partial charge in [-0.1, -0.05) is 40.2 Å². The quantitative estimate of drug-likeness (QED) is 0.225. The molecule has 5 rings (SSSR count). The van der Waals surface area contributed by atoms with E-state index in [9.17, 15) is 5.11 Å². The van der Waals surface area contributed by atoms with Crippen molar-refractivity contribution in [3.05, 3.63) is 59.5 Å². The van der Waals surface area contributed by atoms with Crippen LogP contribution in [0.5, 0.6) is 11.5 Å². The van der Waals surface area contributed by atoms with E-state index in [1.807, 2.05) is 70.3 Å². The second-order valence-electron chi connectivity index (χ2n) is 9.91. The van der Waals surface area contributed by atoms with Gasteiger partial charge in [0.15, 0.2) is 5.82 Å². The summed E-state index contributed by atoms with van der Waals surface area (Å²) >= 11 is 0. The van der Waals surface area contributed by atoms with Crippen molar-refractivity contribution in [2.75, 3.05) is 23.7 Å². The molecular weight excluding hydrogens is 514 g/mol. The Hall–Kier alpha value is -3.82. The summed E-state index contributed by atoms with van der Waals surface area (Å²) in [6.07, 6.45) is 9.22. The number of aliphatic imine (C=N–C) groups is 2. The molecule has 0 bridgehead atoms. The van der Waals surface area contributed by atoms with Gasteiger partial charge in [-0.3, -0.25) is 4.99 Å². The van der Waals surface area contributed by atoms with Gasteiger partial charge in [-0.15, -0.1) is 0 Å². The van der Waals surface area contributed by atoms with Crippen LogP contribution in [0.3, 0.4) is 0 Å². The van der Waals surface area contributed by atoms with Gasteiger partial charge >= 0.3 is 0 Å². The van der Waals surface area contributed by atoms with Gasteiger partial charge in [0.25, 0.3) is 0 Å². The highest BCUT2D eigenvalue weighted by Gasteiger charge is 2.17. The van der Waals surface area contributed by atoms with E-state index >= 15 is 0 Å². The zero-order chi connectivity index (χ0) is 29.6. The number of nitrogens with one attached hydrogen (secondary N) is 3. The van der Waals surface area contributed by atoms with E-state index in [-0.39, 0.29) is 0 Å². The molecule has 0 amide bonds. The molecule has 41 heavy (non-hydrogen) atoms. The van der Waals surface area contributed by atoms with E-state index in [2.05, 4.69) is 49.8 Å². The number of hydrogen-bond donors (Lipinski definition) is 4. The Labute approximate surface area is 244 Å². The smallest absolute Gasteiger partial charge is 0.223 e. The van der Waals surface area contributed by atoms with Crippen molar-refractivity contribution in [1.82, 2.24) is 15.3 Å². The van der Waals surface area contributed by atoms with Gasteiger partial charge in [0, 0.05) is 18.0 Å². The fraction of sp³-hybridized carbons (Fsp3) is 0.438. The van der Waals surface area contributed by atoms with E-state index in [4.69, 9.17) is 4.74 Å². The van der Waals surface area contributed by atoms with Crippen molar-refractivity contribution in [1.29, 1.82) is 0 Å². The third kappa shape index (κ3) is 9.65. The molecule has 0 radical (unpaired) electrons. The van der Waals surface area contributed by atoms with Crippen LogP contribution in [0.25, 0.3) is 0 Å². The van der Waals surface area contributed by atoms with Gasteiger partial charge in [-0.25, -0.2) is 15.0 Å². The molecule has 2 aliphatic heterocycles. The zero-order valence-electron chi connectivity index (χ0n) is 25.2. The Kier molecular flexibility index (Phi) is 12.7. The summed E-state index contributed by atoms with van der Waals surface area (Å²) in [6, 6.07) is 11.7. The summed E-state index contributed by atoms with van der Waals surface area (Å²) in [5.41, 5.74) is 5.03. The van der Waals surface area contributed by atoms with Crippen LogP contribution in [0.2, 0.25) is 0 Å². The molecule has 1 saturated heterocycles. The molecule has 0 saturated carbocycles. The zero-order valence-corrected chi connectivity index (χ0v) is 25.2. The Morgan fingerprint density at radius 2 is 1.85 bits per heavy atom. The van der Waals surface area contributed by atoms with Gasteiger partial charge in [0.05, 0.1) is 11.9 Å². The van der Waals surface area contributed by atoms with Gasteiger partial charge in [0.1, 0.15) is 29.2 Å². The maximum Gasteiger partial charge on any atom is 0.223 e. The number of rotatable bonds is 7. The number of aliphatic hydroxyl groups excluding tert-OH is 1. The summed E-state index contributed by atoms with van der Waals surface area (Å²) in [5, 5.41) is 19.2. The van der Waals surface area contributed by atoms with Crippen LogP contribution < -0.4 is 20.7 Å². The predicted octanol–water partition coefficient (Wildman–Crippen LogP) is 7.28. The van der Waals surface area contributed by atoms with Crippen molar-refractivity contribution in [3.8, 4) is 11.5 Å². The summed E-state index contributed by atoms with van der Waals surface area (Å²) < 4.78 is 6.16. The normalized spacial score (nSPS) is 16.3. The molecule has 2 atom stereocenters. The summed E-state index contributed by atoms with van der Waals surface area (Å²) in [5.74, 6) is 2.48. The number of piperidine rings is 1. The topological polar surface area (TPSA) is 116 Å². The summed E-state index contributed by atoms with van der Waals surface area (Å²) in [4.78, 5) is 17.0. The Morgan fingerprint density at radius 1 is 1.07 bits per heavy atom. The maximum atomic E-state index is 9.76. The third-order valence-electron chi connectivity index (χ3n) is 6.65. The van der Waals surface area contributed by atoms with E-state index in [1.165, 1.54) is 44.9 Å². The first-order chi connectivity index (χ1) is 19.9. The molecule has 4 N–H and O–H groups in total. The molecule has 2 aliphatic rings. The predicted molar refractivity (Wildman–Crippen MR) is 171 cm³/mol. The van der Waals surface area contributed by atoms with Gasteiger partial charge < -0.3 is 25.8 Å². The lowest BCUT2D eigenvalue weighted by atomic mass is 10.1. The average molecular weight is 560 g/mol. The van der Waals surface area contributed by atoms with Gasteiger partial charge in [-0.05, 0) is 87.5 Å². The van der Waals surface area contributed by atoms with Crippen LogP contribution in [0.4, 0.5) is 22.9 Å². The highest BCUT2D eigenvalue weighted by molar-refractivity contribution is 5.92. The average Bonchev–Trinajstić information content (AvgIpc) is 3.01. The monoisotopic (exact) mass is 559 g/mol. The summed E-state index contributed by atoms with van der Waals surface area (Å²) in [7, 11) is 0. The SMILES string of the molecule is C1CCNCC1.CC.CCC(C)C=Nc1cc(Oc2ccc(Nc3ncnc4c3NC(O)N=C4)cc2C)ccc1C. The molecule has 9 nitrogen and oxygen atoms in total. The number of aliphatic hydroxyl groups is 1. The van der Waals surface area contributed by atoms with Crippen LogP contribution in [0.15, 0.2) is 52.7 Å². The number of hydrogen-bond acceptors (Lipinski definition) is 9. The lowest BCUT2D eigenvalue weighted by molar-refractivity contribution is 0.213. The largest absolute Gasteiger partial charge is 0.457 e. The number of anilines is 3. The molecule has 1 fully saturated rings. The minimum absolute atomic E-state index is 0.433. The highest BCUT2D eigenvalue weighted by atomic mass is 16.5. The van der Waals surface area contributed by atoms with Gasteiger partial charge in [-0.2, -0.15) is 0 Å². The van der Waals surface area contributed by atoms with Crippen molar-refractivity contribution in [3.63, 3.8) is 0 Å². The van der Waals surface area contributed by atoms with Crippen LogP contribution in [0.1, 0.15) is 70.2 Å². The lowest BCUT2D eigenvalue weighted by Crippen LogP contribution is -2.23. The van der Waals surface area contributed by atoms with Crippen LogP contribution >= 0.6 is 0 Å². The van der Waals surface area contributed by atoms with E-state index in [0.717, 1.165) is 40.4 Å². The second kappa shape index (κ2) is 16.4. The van der Waals surface area contributed by atoms with Crippen molar-refractivity contribution in [2.24, 2.45) is 15.9 Å². The molecule has 2 unspecified atom stereocenters. The number of ether oxygens (including phenoxy) is 1. The first kappa shape index (κ1) is 31.7. The van der Waals surface area contributed by atoms with Crippen LogP contribution in [0, 0.1) is 19.8 Å².